The normalized spacial score (nSPS) is 20.1. The van der Waals surface area contributed by atoms with Crippen molar-refractivity contribution >= 4 is 26.8 Å². The van der Waals surface area contributed by atoms with Crippen LogP contribution in [0, 0.1) is 6.92 Å². The third-order valence-corrected chi connectivity index (χ3v) is 8.57. The van der Waals surface area contributed by atoms with Crippen LogP contribution in [0.3, 0.4) is 0 Å². The molecule has 180 valence electrons. The molecule has 7 nitrogen and oxygen atoms in total. The Balaban J connectivity index is 1.46. The second-order valence-corrected chi connectivity index (χ2v) is 12.9. The maximum atomic E-state index is 13.3. The first-order valence-corrected chi connectivity index (χ1v) is 13.7. The van der Waals surface area contributed by atoms with Gasteiger partial charge in [-0.15, -0.1) is 0 Å². The lowest BCUT2D eigenvalue weighted by Crippen LogP contribution is -2.14. The molecule has 3 aromatic rings. The molecule has 0 spiro atoms. The molecule has 2 aromatic heterocycles. The van der Waals surface area contributed by atoms with Crippen molar-refractivity contribution in [1.29, 1.82) is 0 Å². The molecule has 8 heteroatoms. The van der Waals surface area contributed by atoms with E-state index >= 15 is 0 Å². The summed E-state index contributed by atoms with van der Waals surface area (Å²) >= 11 is 0. The number of hydrogen-bond donors (Lipinski definition) is 0. The van der Waals surface area contributed by atoms with Gasteiger partial charge in [0.15, 0.2) is 15.5 Å². The Bertz CT molecular complexity index is 1360. The predicted octanol–water partition coefficient (Wildman–Crippen LogP) is 4.63. The van der Waals surface area contributed by atoms with Gasteiger partial charge in [-0.05, 0) is 48.8 Å². The number of rotatable bonds is 5. The summed E-state index contributed by atoms with van der Waals surface area (Å²) in [5.74, 6) is 0.138. The number of ether oxygens (including phenoxy) is 1. The van der Waals surface area contributed by atoms with Crippen molar-refractivity contribution in [2.75, 3.05) is 11.5 Å². The van der Waals surface area contributed by atoms with Crippen LogP contribution in [0.4, 0.5) is 0 Å². The van der Waals surface area contributed by atoms with E-state index < -0.39 is 15.8 Å². The number of carbonyl (C=O) groups excluding carboxylic acids is 1. The molecule has 0 bridgehead atoms. The Labute approximate surface area is 200 Å². The Morgan fingerprint density at radius 3 is 2.44 bits per heavy atom. The van der Waals surface area contributed by atoms with Crippen molar-refractivity contribution in [2.24, 2.45) is 0 Å². The highest BCUT2D eigenvalue weighted by atomic mass is 32.2. The fourth-order valence-corrected chi connectivity index (χ4v) is 6.32. The summed E-state index contributed by atoms with van der Waals surface area (Å²) < 4.78 is 31.6. The van der Waals surface area contributed by atoms with Gasteiger partial charge in [-0.1, -0.05) is 45.0 Å². The third-order valence-electron chi connectivity index (χ3n) is 6.82. The number of hydrogen-bond acceptors (Lipinski definition) is 6. The maximum absolute atomic E-state index is 13.3. The molecule has 1 aromatic carbocycles. The summed E-state index contributed by atoms with van der Waals surface area (Å²) in [7, 11) is -3.08. The van der Waals surface area contributed by atoms with Gasteiger partial charge in [0.1, 0.15) is 6.61 Å². The second kappa shape index (κ2) is 8.18. The summed E-state index contributed by atoms with van der Waals surface area (Å²) in [6.07, 6.45) is 2.59. The maximum Gasteiger partial charge on any atom is 0.339 e. The van der Waals surface area contributed by atoms with Crippen LogP contribution in [0.25, 0.3) is 11.0 Å². The van der Waals surface area contributed by atoms with Crippen molar-refractivity contribution in [3.8, 4) is 0 Å². The minimum atomic E-state index is -3.08. The van der Waals surface area contributed by atoms with Crippen LogP contribution >= 0.6 is 0 Å². The first-order valence-electron chi connectivity index (χ1n) is 11.9. The minimum absolute atomic E-state index is 0.0584. The lowest BCUT2D eigenvalue weighted by Gasteiger charge is -2.19. The highest BCUT2D eigenvalue weighted by Crippen LogP contribution is 2.41. The van der Waals surface area contributed by atoms with Crippen molar-refractivity contribution in [1.82, 2.24) is 14.8 Å². The topological polar surface area (TPSA) is 91.1 Å². The van der Waals surface area contributed by atoms with E-state index in [-0.39, 0.29) is 29.6 Å². The first kappa shape index (κ1) is 23.0. The van der Waals surface area contributed by atoms with Crippen LogP contribution in [0.2, 0.25) is 0 Å². The molecule has 3 heterocycles. The van der Waals surface area contributed by atoms with Crippen molar-refractivity contribution in [3.05, 3.63) is 58.4 Å². The third kappa shape index (κ3) is 4.48. The molecule has 0 N–H and O–H groups in total. The van der Waals surface area contributed by atoms with Crippen molar-refractivity contribution in [3.63, 3.8) is 0 Å². The summed E-state index contributed by atoms with van der Waals surface area (Å²) in [4.78, 5) is 18.1. The van der Waals surface area contributed by atoms with Gasteiger partial charge in [-0.3, -0.25) is 0 Å². The number of pyridine rings is 1. The Morgan fingerprint density at radius 1 is 1.15 bits per heavy atom. The molecule has 34 heavy (non-hydrogen) atoms. The molecule has 1 aliphatic heterocycles. The number of carbonyl (C=O) groups is 1. The predicted molar refractivity (Wildman–Crippen MR) is 131 cm³/mol. The molecule has 5 rings (SSSR count). The lowest BCUT2D eigenvalue weighted by atomic mass is 9.87. The quantitative estimate of drug-likeness (QED) is 0.494. The Hall–Kier alpha value is -2.74. The molecular formula is C26H31N3O4S. The largest absolute Gasteiger partial charge is 0.457 e. The molecule has 0 radical (unpaired) electrons. The van der Waals surface area contributed by atoms with Crippen LogP contribution in [-0.4, -0.2) is 40.7 Å². The zero-order chi connectivity index (χ0) is 24.3. The van der Waals surface area contributed by atoms with Gasteiger partial charge in [-0.25, -0.2) is 22.9 Å². The van der Waals surface area contributed by atoms with Crippen LogP contribution in [-0.2, 0) is 26.6 Å². The van der Waals surface area contributed by atoms with E-state index in [0.717, 1.165) is 24.1 Å². The smallest absolute Gasteiger partial charge is 0.339 e. The fourth-order valence-electron chi connectivity index (χ4n) is 4.63. The number of aryl methyl sites for hydroxylation is 1. The highest BCUT2D eigenvalue weighted by molar-refractivity contribution is 7.91. The highest BCUT2D eigenvalue weighted by Gasteiger charge is 2.34. The Kier molecular flexibility index (Phi) is 5.54. The molecular weight excluding hydrogens is 450 g/mol. The number of nitrogens with zero attached hydrogens (tertiary/aromatic N) is 3. The number of benzene rings is 1. The average molecular weight is 482 g/mol. The van der Waals surface area contributed by atoms with Gasteiger partial charge in [0.05, 0.1) is 34.2 Å². The van der Waals surface area contributed by atoms with Gasteiger partial charge >= 0.3 is 5.97 Å². The number of fused-ring (bicyclic) bond motifs is 1. The van der Waals surface area contributed by atoms with Crippen LogP contribution in [0.15, 0.2) is 30.3 Å². The second-order valence-electron chi connectivity index (χ2n) is 10.7. The molecule has 1 atom stereocenters. The minimum Gasteiger partial charge on any atom is -0.457 e. The molecule has 1 saturated heterocycles. The first-order chi connectivity index (χ1) is 16.0. The van der Waals surface area contributed by atoms with E-state index in [1.54, 1.807) is 4.68 Å². The summed E-state index contributed by atoms with van der Waals surface area (Å²) in [6, 6.07) is 9.72. The molecule has 2 fully saturated rings. The lowest BCUT2D eigenvalue weighted by molar-refractivity contribution is 0.0474. The fraction of sp³-hybridized carbons (Fsp3) is 0.500. The summed E-state index contributed by atoms with van der Waals surface area (Å²) in [6.45, 7) is 8.51. The monoisotopic (exact) mass is 481 g/mol. The van der Waals surface area contributed by atoms with E-state index in [4.69, 9.17) is 9.72 Å². The van der Waals surface area contributed by atoms with Gasteiger partial charge in [0.25, 0.3) is 0 Å². The van der Waals surface area contributed by atoms with Gasteiger partial charge in [0, 0.05) is 11.6 Å². The molecule has 1 aliphatic carbocycles. The van der Waals surface area contributed by atoms with E-state index in [1.807, 2.05) is 25.1 Å². The Morgan fingerprint density at radius 2 is 1.85 bits per heavy atom. The zero-order valence-corrected chi connectivity index (χ0v) is 21.0. The van der Waals surface area contributed by atoms with E-state index in [0.29, 0.717) is 34.6 Å². The number of esters is 1. The molecule has 1 unspecified atom stereocenters. The van der Waals surface area contributed by atoms with E-state index in [2.05, 4.69) is 38.0 Å². The molecule has 2 aliphatic rings. The SMILES string of the molecule is Cc1nn(C2CCS(=O)(=O)C2)c2nc(C3CC3)cc(C(=O)OCc3ccc(C(C)(C)C)cc3)c12. The number of sulfone groups is 1. The standard InChI is InChI=1S/C26H31N3O4S/c1-16-23-21(25(30)33-14-17-5-9-19(10-6-17)26(2,3)4)13-22(18-7-8-18)27-24(23)29(28-16)20-11-12-34(31,32)15-20/h5-6,9-10,13,18,20H,7-8,11-12,14-15H2,1-4H3. The van der Waals surface area contributed by atoms with Crippen LogP contribution in [0.5, 0.6) is 0 Å². The van der Waals surface area contributed by atoms with Gasteiger partial charge in [-0.2, -0.15) is 5.10 Å². The summed E-state index contributed by atoms with van der Waals surface area (Å²) in [5.41, 5.74) is 4.79. The van der Waals surface area contributed by atoms with Crippen LogP contribution in [0.1, 0.15) is 84.9 Å². The van der Waals surface area contributed by atoms with Gasteiger partial charge in [0.2, 0.25) is 0 Å². The summed E-state index contributed by atoms with van der Waals surface area (Å²) in [5, 5.41) is 5.29. The zero-order valence-electron chi connectivity index (χ0n) is 20.2. The van der Waals surface area contributed by atoms with Crippen molar-refractivity contribution in [2.45, 2.75) is 70.9 Å². The molecule has 0 amide bonds. The van der Waals surface area contributed by atoms with Crippen molar-refractivity contribution < 1.29 is 17.9 Å². The average Bonchev–Trinajstić information content (AvgIpc) is 3.50. The van der Waals surface area contributed by atoms with E-state index in [9.17, 15) is 13.2 Å². The number of aromatic nitrogens is 3. The van der Waals surface area contributed by atoms with Gasteiger partial charge < -0.3 is 4.74 Å². The van der Waals surface area contributed by atoms with Crippen LogP contribution < -0.4 is 0 Å². The molecule has 1 saturated carbocycles. The van der Waals surface area contributed by atoms with E-state index in [1.165, 1.54) is 5.56 Å².